The molecule has 10 heteroatoms. The van der Waals surface area contributed by atoms with Gasteiger partial charge in [-0.15, -0.1) is 13.2 Å². The molecule has 1 fully saturated rings. The number of fused-ring (bicyclic) bond motifs is 1. The number of ether oxygens (including phenoxy) is 2. The van der Waals surface area contributed by atoms with E-state index in [1.54, 1.807) is 0 Å². The van der Waals surface area contributed by atoms with Crippen LogP contribution in [-0.2, 0) is 9.53 Å². The highest BCUT2D eigenvalue weighted by molar-refractivity contribution is 7.22. The lowest BCUT2D eigenvalue weighted by Crippen LogP contribution is -2.45. The van der Waals surface area contributed by atoms with Gasteiger partial charge in [-0.2, -0.15) is 0 Å². The van der Waals surface area contributed by atoms with Crippen LogP contribution in [0.15, 0.2) is 18.2 Å². The van der Waals surface area contributed by atoms with Crippen LogP contribution in [0.2, 0.25) is 0 Å². The van der Waals surface area contributed by atoms with Crippen molar-refractivity contribution in [2.75, 3.05) is 25.0 Å². The third-order valence-electron chi connectivity index (χ3n) is 3.04. The molecule has 6 nitrogen and oxygen atoms in total. The molecule has 0 spiro atoms. The van der Waals surface area contributed by atoms with Crippen molar-refractivity contribution in [3.05, 3.63) is 18.2 Å². The van der Waals surface area contributed by atoms with Gasteiger partial charge in [-0.1, -0.05) is 11.3 Å². The van der Waals surface area contributed by atoms with E-state index >= 15 is 0 Å². The van der Waals surface area contributed by atoms with Gasteiger partial charge in [0.25, 0.3) is 5.91 Å². The van der Waals surface area contributed by atoms with Crippen LogP contribution in [0.3, 0.4) is 0 Å². The molecule has 1 amide bonds. The van der Waals surface area contributed by atoms with E-state index < -0.39 is 12.5 Å². The SMILES string of the molecule is O=C(Nc1nc2ccc(OC(F)(F)F)cc2s1)C1CNCCO1. The van der Waals surface area contributed by atoms with Crippen LogP contribution < -0.4 is 15.4 Å². The summed E-state index contributed by atoms with van der Waals surface area (Å²) in [7, 11) is 0. The third kappa shape index (κ3) is 4.09. The summed E-state index contributed by atoms with van der Waals surface area (Å²) in [6.45, 7) is 1.53. The van der Waals surface area contributed by atoms with Gasteiger partial charge in [0, 0.05) is 19.2 Å². The smallest absolute Gasteiger partial charge is 0.406 e. The minimum atomic E-state index is -4.75. The highest BCUT2D eigenvalue weighted by atomic mass is 32.1. The first-order valence-corrected chi connectivity index (χ1v) is 7.52. The van der Waals surface area contributed by atoms with Crippen molar-refractivity contribution in [2.24, 2.45) is 0 Å². The molecule has 2 aromatic rings. The summed E-state index contributed by atoms with van der Waals surface area (Å²) in [5, 5.41) is 5.94. The second-order valence-corrected chi connectivity index (χ2v) is 5.78. The number of alkyl halides is 3. The molecule has 1 aliphatic heterocycles. The van der Waals surface area contributed by atoms with Crippen molar-refractivity contribution in [3.63, 3.8) is 0 Å². The molecule has 2 heterocycles. The van der Waals surface area contributed by atoms with Crippen molar-refractivity contribution >= 4 is 32.6 Å². The Morgan fingerprint density at radius 1 is 1.48 bits per heavy atom. The summed E-state index contributed by atoms with van der Waals surface area (Å²) >= 11 is 1.06. The van der Waals surface area contributed by atoms with E-state index in [2.05, 4.69) is 20.4 Å². The van der Waals surface area contributed by atoms with Crippen LogP contribution in [0.5, 0.6) is 5.75 Å². The van der Waals surface area contributed by atoms with Crippen molar-refractivity contribution in [3.8, 4) is 5.75 Å². The molecule has 1 atom stereocenters. The monoisotopic (exact) mass is 347 g/mol. The van der Waals surface area contributed by atoms with Crippen molar-refractivity contribution in [2.45, 2.75) is 12.5 Å². The molecule has 0 bridgehead atoms. The van der Waals surface area contributed by atoms with Gasteiger partial charge in [-0.05, 0) is 12.1 Å². The Labute approximate surface area is 132 Å². The minimum absolute atomic E-state index is 0.295. The fraction of sp³-hybridized carbons (Fsp3) is 0.385. The molecule has 0 aliphatic carbocycles. The molecule has 1 aromatic heterocycles. The number of hydrogen-bond acceptors (Lipinski definition) is 6. The number of aromatic nitrogens is 1. The first-order chi connectivity index (χ1) is 10.9. The predicted octanol–water partition coefficient (Wildman–Crippen LogP) is 2.12. The summed E-state index contributed by atoms with van der Waals surface area (Å²) in [4.78, 5) is 16.2. The van der Waals surface area contributed by atoms with Gasteiger partial charge >= 0.3 is 6.36 Å². The highest BCUT2D eigenvalue weighted by Crippen LogP contribution is 2.31. The molecule has 0 saturated carbocycles. The van der Waals surface area contributed by atoms with Crippen LogP contribution in [0.1, 0.15) is 0 Å². The number of benzene rings is 1. The number of nitrogens with one attached hydrogen (secondary N) is 2. The predicted molar refractivity (Wildman–Crippen MR) is 77.5 cm³/mol. The lowest BCUT2D eigenvalue weighted by atomic mass is 10.3. The molecule has 1 aliphatic rings. The Hall–Kier alpha value is -1.91. The van der Waals surface area contributed by atoms with Gasteiger partial charge in [0.05, 0.1) is 16.8 Å². The van der Waals surface area contributed by atoms with Crippen LogP contribution in [0.25, 0.3) is 10.2 Å². The maximum Gasteiger partial charge on any atom is 0.573 e. The Morgan fingerprint density at radius 2 is 2.30 bits per heavy atom. The van der Waals surface area contributed by atoms with E-state index in [0.717, 1.165) is 11.3 Å². The highest BCUT2D eigenvalue weighted by Gasteiger charge is 2.31. The quantitative estimate of drug-likeness (QED) is 0.890. The average molecular weight is 347 g/mol. The number of nitrogens with zero attached hydrogens (tertiary/aromatic N) is 1. The largest absolute Gasteiger partial charge is 0.573 e. The van der Waals surface area contributed by atoms with E-state index in [0.29, 0.717) is 35.0 Å². The molecule has 1 unspecified atom stereocenters. The number of hydrogen-bond donors (Lipinski definition) is 2. The van der Waals surface area contributed by atoms with Gasteiger partial charge in [0.15, 0.2) is 5.13 Å². The molecule has 0 radical (unpaired) electrons. The number of morpholine rings is 1. The van der Waals surface area contributed by atoms with Gasteiger partial charge in [0.1, 0.15) is 11.9 Å². The number of carbonyl (C=O) groups excluding carboxylic acids is 1. The Kier molecular flexibility index (Phi) is 4.37. The maximum absolute atomic E-state index is 12.2. The summed E-state index contributed by atoms with van der Waals surface area (Å²) in [6, 6.07) is 3.81. The van der Waals surface area contributed by atoms with E-state index in [1.807, 2.05) is 0 Å². The maximum atomic E-state index is 12.2. The fourth-order valence-electron chi connectivity index (χ4n) is 2.08. The van der Waals surface area contributed by atoms with Gasteiger partial charge < -0.3 is 14.8 Å². The molecule has 2 N–H and O–H groups in total. The van der Waals surface area contributed by atoms with Crippen LogP contribution in [-0.4, -0.2) is 43.1 Å². The Balaban J connectivity index is 1.73. The normalized spacial score (nSPS) is 18.8. The lowest BCUT2D eigenvalue weighted by Gasteiger charge is -2.22. The zero-order chi connectivity index (χ0) is 16.4. The Morgan fingerprint density at radius 3 is 3.00 bits per heavy atom. The summed E-state index contributed by atoms with van der Waals surface area (Å²) in [6.07, 6.45) is -5.36. The lowest BCUT2D eigenvalue weighted by molar-refractivity contribution is -0.274. The van der Waals surface area contributed by atoms with Crippen molar-refractivity contribution < 1.29 is 27.4 Å². The summed E-state index contributed by atoms with van der Waals surface area (Å²) in [5.74, 6) is -0.672. The first kappa shape index (κ1) is 16.0. The van der Waals surface area contributed by atoms with E-state index in [1.165, 1.54) is 18.2 Å². The van der Waals surface area contributed by atoms with Crippen LogP contribution in [0, 0.1) is 0 Å². The number of carbonyl (C=O) groups is 1. The summed E-state index contributed by atoms with van der Waals surface area (Å²) in [5.41, 5.74) is 0.475. The van der Waals surface area contributed by atoms with Gasteiger partial charge in [-0.25, -0.2) is 4.98 Å². The number of anilines is 1. The van der Waals surface area contributed by atoms with Crippen molar-refractivity contribution in [1.29, 1.82) is 0 Å². The third-order valence-corrected chi connectivity index (χ3v) is 3.98. The van der Waals surface area contributed by atoms with Gasteiger partial charge in [-0.3, -0.25) is 10.1 Å². The second-order valence-electron chi connectivity index (χ2n) is 4.75. The molecule has 1 saturated heterocycles. The number of halogens is 3. The molecule has 1 aromatic carbocycles. The zero-order valence-corrected chi connectivity index (χ0v) is 12.5. The zero-order valence-electron chi connectivity index (χ0n) is 11.6. The van der Waals surface area contributed by atoms with Crippen molar-refractivity contribution in [1.82, 2.24) is 10.3 Å². The van der Waals surface area contributed by atoms with E-state index in [-0.39, 0.29) is 11.7 Å². The molecule has 124 valence electrons. The number of rotatable bonds is 3. The van der Waals surface area contributed by atoms with Crippen LogP contribution >= 0.6 is 11.3 Å². The number of thiazole rings is 1. The Bertz CT molecular complexity index is 713. The standard InChI is InChI=1S/C13H12F3N3O3S/c14-13(15,16)22-7-1-2-8-10(5-7)23-12(18-8)19-11(20)9-6-17-3-4-21-9/h1-2,5,9,17H,3-4,6H2,(H,18,19,20). The summed E-state index contributed by atoms with van der Waals surface area (Å²) < 4.78 is 46.3. The molecular formula is C13H12F3N3O3S. The second kappa shape index (κ2) is 6.30. The fourth-order valence-corrected chi connectivity index (χ4v) is 2.97. The first-order valence-electron chi connectivity index (χ1n) is 6.70. The molecule has 3 rings (SSSR count). The van der Waals surface area contributed by atoms with E-state index in [4.69, 9.17) is 4.74 Å². The molecular weight excluding hydrogens is 335 g/mol. The molecule has 23 heavy (non-hydrogen) atoms. The topological polar surface area (TPSA) is 72.5 Å². The van der Waals surface area contributed by atoms with Gasteiger partial charge in [0.2, 0.25) is 0 Å². The number of amides is 1. The van der Waals surface area contributed by atoms with E-state index in [9.17, 15) is 18.0 Å². The minimum Gasteiger partial charge on any atom is -0.406 e. The average Bonchev–Trinajstić information content (AvgIpc) is 2.88. The van der Waals surface area contributed by atoms with Crippen LogP contribution in [0.4, 0.5) is 18.3 Å².